The molecule has 0 amide bonds. The van der Waals surface area contributed by atoms with E-state index in [4.69, 9.17) is 26.9 Å². The standard InChI is InChI=1S/C9H12ClFN2O3/c10-6-1-7(11)8(12-2-6)13-9(3-14,4-15)5-16/h1-2,14-16H,3-5H2,(H,12,13). The minimum Gasteiger partial charge on any atom is -0.394 e. The molecule has 1 aromatic rings. The van der Waals surface area contributed by atoms with Crippen molar-refractivity contribution in [3.05, 3.63) is 23.1 Å². The van der Waals surface area contributed by atoms with Crippen LogP contribution in [0, 0.1) is 5.82 Å². The number of nitrogens with one attached hydrogen (secondary N) is 1. The molecular formula is C9H12ClFN2O3. The van der Waals surface area contributed by atoms with Gasteiger partial charge in [0.05, 0.1) is 24.8 Å². The van der Waals surface area contributed by atoms with Gasteiger partial charge in [0, 0.05) is 6.20 Å². The highest BCUT2D eigenvalue weighted by Crippen LogP contribution is 2.19. The fraction of sp³-hybridized carbons (Fsp3) is 0.444. The van der Waals surface area contributed by atoms with Crippen LogP contribution in [0.5, 0.6) is 0 Å². The van der Waals surface area contributed by atoms with E-state index in [-0.39, 0.29) is 10.8 Å². The van der Waals surface area contributed by atoms with Gasteiger partial charge in [0.25, 0.3) is 0 Å². The van der Waals surface area contributed by atoms with Crippen LogP contribution in [-0.2, 0) is 0 Å². The summed E-state index contributed by atoms with van der Waals surface area (Å²) in [5.41, 5.74) is -1.42. The number of halogens is 2. The summed E-state index contributed by atoms with van der Waals surface area (Å²) in [6, 6.07) is 1.04. The van der Waals surface area contributed by atoms with E-state index in [1.807, 2.05) is 0 Å². The van der Waals surface area contributed by atoms with Gasteiger partial charge in [-0.3, -0.25) is 0 Å². The van der Waals surface area contributed by atoms with Gasteiger partial charge < -0.3 is 20.6 Å². The van der Waals surface area contributed by atoms with Crippen molar-refractivity contribution in [2.75, 3.05) is 25.1 Å². The topological polar surface area (TPSA) is 85.6 Å². The number of aliphatic hydroxyl groups is 3. The summed E-state index contributed by atoms with van der Waals surface area (Å²) in [7, 11) is 0. The molecule has 0 fully saturated rings. The van der Waals surface area contributed by atoms with Gasteiger partial charge in [0.1, 0.15) is 5.54 Å². The van der Waals surface area contributed by atoms with Gasteiger partial charge in [-0.25, -0.2) is 9.37 Å². The van der Waals surface area contributed by atoms with Gasteiger partial charge in [-0.2, -0.15) is 0 Å². The smallest absolute Gasteiger partial charge is 0.166 e. The summed E-state index contributed by atoms with van der Waals surface area (Å²) in [4.78, 5) is 3.66. The number of nitrogens with zero attached hydrogens (tertiary/aromatic N) is 1. The van der Waals surface area contributed by atoms with Gasteiger partial charge in [-0.15, -0.1) is 0 Å². The zero-order chi connectivity index (χ0) is 12.2. The molecule has 16 heavy (non-hydrogen) atoms. The third-order valence-electron chi connectivity index (χ3n) is 2.10. The summed E-state index contributed by atoms with van der Waals surface area (Å²) in [6.07, 6.45) is 1.21. The summed E-state index contributed by atoms with van der Waals surface area (Å²) < 4.78 is 13.3. The molecule has 0 aliphatic carbocycles. The van der Waals surface area contributed by atoms with Crippen molar-refractivity contribution in [3.8, 4) is 0 Å². The van der Waals surface area contributed by atoms with Crippen LogP contribution in [0.4, 0.5) is 10.2 Å². The SMILES string of the molecule is OCC(CO)(CO)Nc1ncc(Cl)cc1F. The number of hydrogen-bond donors (Lipinski definition) is 4. The van der Waals surface area contributed by atoms with E-state index in [1.54, 1.807) is 0 Å². The summed E-state index contributed by atoms with van der Waals surface area (Å²) in [6.45, 7) is -1.70. The molecule has 0 bridgehead atoms. The molecule has 1 heterocycles. The predicted molar refractivity (Wildman–Crippen MR) is 56.8 cm³/mol. The Morgan fingerprint density at radius 3 is 2.31 bits per heavy atom. The lowest BCUT2D eigenvalue weighted by molar-refractivity contribution is 0.0828. The maximum Gasteiger partial charge on any atom is 0.166 e. The summed E-state index contributed by atoms with van der Waals surface area (Å²) >= 11 is 5.51. The number of anilines is 1. The highest BCUT2D eigenvalue weighted by Gasteiger charge is 2.29. The molecule has 5 nitrogen and oxygen atoms in total. The molecule has 90 valence electrons. The molecular weight excluding hydrogens is 239 g/mol. The Hall–Kier alpha value is -0.950. The molecule has 0 aliphatic heterocycles. The van der Waals surface area contributed by atoms with E-state index < -0.39 is 31.2 Å². The van der Waals surface area contributed by atoms with Crippen LogP contribution in [0.3, 0.4) is 0 Å². The van der Waals surface area contributed by atoms with Crippen molar-refractivity contribution < 1.29 is 19.7 Å². The maximum absolute atomic E-state index is 13.3. The van der Waals surface area contributed by atoms with Crippen molar-refractivity contribution in [1.29, 1.82) is 0 Å². The highest BCUT2D eigenvalue weighted by molar-refractivity contribution is 6.30. The first-order valence-electron chi connectivity index (χ1n) is 4.49. The van der Waals surface area contributed by atoms with Crippen molar-refractivity contribution in [2.45, 2.75) is 5.54 Å². The van der Waals surface area contributed by atoms with E-state index in [1.165, 1.54) is 6.20 Å². The Balaban J connectivity index is 2.93. The van der Waals surface area contributed by atoms with Gasteiger partial charge in [0.15, 0.2) is 11.6 Å². The second kappa shape index (κ2) is 5.40. The van der Waals surface area contributed by atoms with E-state index in [2.05, 4.69) is 10.3 Å². The molecule has 0 saturated heterocycles. The van der Waals surface area contributed by atoms with Crippen molar-refractivity contribution in [1.82, 2.24) is 4.98 Å². The number of hydrogen-bond acceptors (Lipinski definition) is 5. The zero-order valence-corrected chi connectivity index (χ0v) is 9.08. The number of rotatable bonds is 5. The van der Waals surface area contributed by atoms with Crippen LogP contribution in [0.1, 0.15) is 0 Å². The first-order chi connectivity index (χ1) is 7.56. The predicted octanol–water partition coefficient (Wildman–Crippen LogP) is 0.00170. The molecule has 0 aliphatic rings. The Morgan fingerprint density at radius 1 is 1.31 bits per heavy atom. The molecule has 0 unspecified atom stereocenters. The van der Waals surface area contributed by atoms with Crippen molar-refractivity contribution >= 4 is 17.4 Å². The Morgan fingerprint density at radius 2 is 1.88 bits per heavy atom. The second-order valence-corrected chi connectivity index (χ2v) is 3.80. The van der Waals surface area contributed by atoms with Crippen LogP contribution < -0.4 is 5.32 Å². The lowest BCUT2D eigenvalue weighted by Gasteiger charge is -2.29. The number of aromatic nitrogens is 1. The second-order valence-electron chi connectivity index (χ2n) is 3.36. The van der Waals surface area contributed by atoms with E-state index >= 15 is 0 Å². The molecule has 0 spiro atoms. The fourth-order valence-electron chi connectivity index (χ4n) is 1.03. The van der Waals surface area contributed by atoms with Crippen molar-refractivity contribution in [3.63, 3.8) is 0 Å². The van der Waals surface area contributed by atoms with Gasteiger partial charge in [-0.1, -0.05) is 11.6 Å². The molecule has 1 rings (SSSR count). The van der Waals surface area contributed by atoms with Crippen LogP contribution >= 0.6 is 11.6 Å². The average molecular weight is 251 g/mol. The third kappa shape index (κ3) is 2.79. The van der Waals surface area contributed by atoms with Crippen LogP contribution in [0.15, 0.2) is 12.3 Å². The fourth-order valence-corrected chi connectivity index (χ4v) is 1.17. The summed E-state index contributed by atoms with van der Waals surface area (Å²) in [5.74, 6) is -0.922. The molecule has 0 saturated carbocycles. The first-order valence-corrected chi connectivity index (χ1v) is 4.86. The van der Waals surface area contributed by atoms with Gasteiger partial charge in [0.2, 0.25) is 0 Å². The van der Waals surface area contributed by atoms with Crippen LogP contribution in [-0.4, -0.2) is 45.7 Å². The quantitative estimate of drug-likeness (QED) is 0.591. The van der Waals surface area contributed by atoms with E-state index in [9.17, 15) is 4.39 Å². The van der Waals surface area contributed by atoms with Gasteiger partial charge in [-0.05, 0) is 6.07 Å². The Bertz CT molecular complexity index is 352. The van der Waals surface area contributed by atoms with E-state index in [0.717, 1.165) is 6.07 Å². The van der Waals surface area contributed by atoms with Crippen LogP contribution in [0.2, 0.25) is 5.02 Å². The number of pyridine rings is 1. The largest absolute Gasteiger partial charge is 0.394 e. The lowest BCUT2D eigenvalue weighted by atomic mass is 10.0. The molecule has 0 radical (unpaired) electrons. The highest BCUT2D eigenvalue weighted by atomic mass is 35.5. The third-order valence-corrected chi connectivity index (χ3v) is 2.31. The molecule has 4 N–H and O–H groups in total. The molecule has 7 heteroatoms. The minimum atomic E-state index is -1.42. The first kappa shape index (κ1) is 13.1. The number of aliphatic hydroxyl groups excluding tert-OH is 3. The minimum absolute atomic E-state index is 0.130. The monoisotopic (exact) mass is 250 g/mol. The molecule has 0 atom stereocenters. The Labute approximate surface area is 96.5 Å². The Kier molecular flexibility index (Phi) is 4.43. The van der Waals surface area contributed by atoms with Gasteiger partial charge >= 0.3 is 0 Å². The lowest BCUT2D eigenvalue weighted by Crippen LogP contribution is -2.49. The average Bonchev–Trinajstić information content (AvgIpc) is 2.29. The van der Waals surface area contributed by atoms with Crippen molar-refractivity contribution in [2.24, 2.45) is 0 Å². The van der Waals surface area contributed by atoms with Crippen LogP contribution in [0.25, 0.3) is 0 Å². The summed E-state index contributed by atoms with van der Waals surface area (Å²) in [5, 5.41) is 29.6. The normalized spacial score (nSPS) is 11.6. The van der Waals surface area contributed by atoms with E-state index in [0.29, 0.717) is 0 Å². The molecule has 1 aromatic heterocycles. The molecule has 0 aromatic carbocycles. The zero-order valence-electron chi connectivity index (χ0n) is 8.32. The maximum atomic E-state index is 13.3.